The standard InChI is InChI=1S/C17H17ClN2O2/c1-3-22-11-5-7-15-13(9-11)17(2,16(21)20-15)12-8-10(19)4-6-14(12)18/h4-9H,3,19H2,1-2H3,(H,20,21). The molecular formula is C17H17ClN2O2. The number of amides is 1. The van der Waals surface area contributed by atoms with E-state index in [0.29, 0.717) is 22.9 Å². The molecular weight excluding hydrogens is 300 g/mol. The average molecular weight is 317 g/mol. The molecule has 0 spiro atoms. The summed E-state index contributed by atoms with van der Waals surface area (Å²) >= 11 is 6.33. The molecule has 5 heteroatoms. The first-order chi connectivity index (χ1) is 10.5. The van der Waals surface area contributed by atoms with Gasteiger partial charge in [-0.3, -0.25) is 4.79 Å². The Bertz CT molecular complexity index is 760. The Morgan fingerprint density at radius 1 is 1.23 bits per heavy atom. The van der Waals surface area contributed by atoms with Crippen molar-refractivity contribution in [2.24, 2.45) is 0 Å². The Kier molecular flexibility index (Phi) is 3.49. The third-order valence-electron chi connectivity index (χ3n) is 4.07. The fourth-order valence-corrected chi connectivity index (χ4v) is 3.17. The number of anilines is 2. The number of carbonyl (C=O) groups is 1. The highest BCUT2D eigenvalue weighted by atomic mass is 35.5. The number of nitrogens with two attached hydrogens (primary N) is 1. The molecule has 0 aliphatic carbocycles. The van der Waals surface area contributed by atoms with Gasteiger partial charge in [-0.25, -0.2) is 0 Å². The van der Waals surface area contributed by atoms with Gasteiger partial charge < -0.3 is 15.8 Å². The molecule has 1 aliphatic heterocycles. The summed E-state index contributed by atoms with van der Waals surface area (Å²) in [6.07, 6.45) is 0. The van der Waals surface area contributed by atoms with E-state index in [1.807, 2.05) is 32.0 Å². The van der Waals surface area contributed by atoms with Crippen LogP contribution in [0.2, 0.25) is 5.02 Å². The topological polar surface area (TPSA) is 64.3 Å². The van der Waals surface area contributed by atoms with E-state index in [1.165, 1.54) is 0 Å². The third kappa shape index (κ3) is 2.11. The lowest BCUT2D eigenvalue weighted by Gasteiger charge is -2.24. The minimum Gasteiger partial charge on any atom is -0.494 e. The fourth-order valence-electron chi connectivity index (χ4n) is 2.87. The summed E-state index contributed by atoms with van der Waals surface area (Å²) in [4.78, 5) is 12.6. The Hall–Kier alpha value is -2.20. The lowest BCUT2D eigenvalue weighted by molar-refractivity contribution is -0.119. The average Bonchev–Trinajstić information content (AvgIpc) is 2.75. The van der Waals surface area contributed by atoms with Gasteiger partial charge in [-0.2, -0.15) is 0 Å². The van der Waals surface area contributed by atoms with Crippen molar-refractivity contribution >= 4 is 28.9 Å². The molecule has 0 saturated heterocycles. The molecule has 1 aliphatic rings. The van der Waals surface area contributed by atoms with Crippen LogP contribution in [0.1, 0.15) is 25.0 Å². The summed E-state index contributed by atoms with van der Waals surface area (Å²) < 4.78 is 5.55. The van der Waals surface area contributed by atoms with Crippen LogP contribution in [-0.4, -0.2) is 12.5 Å². The quantitative estimate of drug-likeness (QED) is 0.851. The van der Waals surface area contributed by atoms with Crippen molar-refractivity contribution in [3.8, 4) is 5.75 Å². The van der Waals surface area contributed by atoms with Gasteiger partial charge in [-0.15, -0.1) is 0 Å². The number of ether oxygens (including phenoxy) is 1. The second-order valence-electron chi connectivity index (χ2n) is 5.46. The van der Waals surface area contributed by atoms with Gasteiger partial charge in [0.1, 0.15) is 11.2 Å². The zero-order chi connectivity index (χ0) is 15.9. The number of carbonyl (C=O) groups excluding carboxylic acids is 1. The molecule has 2 aromatic rings. The fraction of sp³-hybridized carbons (Fsp3) is 0.235. The maximum absolute atomic E-state index is 12.6. The summed E-state index contributed by atoms with van der Waals surface area (Å²) in [5.74, 6) is 0.604. The number of rotatable bonds is 3. The first-order valence-corrected chi connectivity index (χ1v) is 7.49. The molecule has 0 bridgehead atoms. The first-order valence-electron chi connectivity index (χ1n) is 7.11. The highest BCUT2D eigenvalue weighted by Crippen LogP contribution is 2.46. The summed E-state index contributed by atoms with van der Waals surface area (Å²) in [5.41, 5.74) is 7.87. The zero-order valence-electron chi connectivity index (χ0n) is 12.4. The van der Waals surface area contributed by atoms with Crippen LogP contribution < -0.4 is 15.8 Å². The Balaban J connectivity index is 2.21. The zero-order valence-corrected chi connectivity index (χ0v) is 13.2. The van der Waals surface area contributed by atoms with Crippen LogP contribution in [0.5, 0.6) is 5.75 Å². The summed E-state index contributed by atoms with van der Waals surface area (Å²) in [6, 6.07) is 10.8. The molecule has 22 heavy (non-hydrogen) atoms. The second kappa shape index (κ2) is 5.21. The van der Waals surface area contributed by atoms with Gasteiger partial charge in [0.2, 0.25) is 5.91 Å². The highest BCUT2D eigenvalue weighted by molar-refractivity contribution is 6.32. The van der Waals surface area contributed by atoms with Crippen molar-refractivity contribution in [3.63, 3.8) is 0 Å². The molecule has 2 aromatic carbocycles. The number of benzene rings is 2. The first kappa shape index (κ1) is 14.7. The molecule has 4 nitrogen and oxygen atoms in total. The lowest BCUT2D eigenvalue weighted by atomic mass is 9.77. The van der Waals surface area contributed by atoms with Crippen LogP contribution in [0.4, 0.5) is 11.4 Å². The monoisotopic (exact) mass is 316 g/mol. The molecule has 0 aromatic heterocycles. The van der Waals surface area contributed by atoms with Gasteiger partial charge in [-0.05, 0) is 61.4 Å². The predicted octanol–water partition coefficient (Wildman–Crippen LogP) is 3.58. The molecule has 1 atom stereocenters. The molecule has 3 rings (SSSR count). The van der Waals surface area contributed by atoms with E-state index in [2.05, 4.69) is 5.32 Å². The summed E-state index contributed by atoms with van der Waals surface area (Å²) in [6.45, 7) is 4.34. The van der Waals surface area contributed by atoms with Gasteiger partial charge in [0.15, 0.2) is 0 Å². The van der Waals surface area contributed by atoms with E-state index in [4.69, 9.17) is 22.1 Å². The Labute approximate surface area is 134 Å². The maximum Gasteiger partial charge on any atom is 0.239 e. The van der Waals surface area contributed by atoms with Crippen molar-refractivity contribution < 1.29 is 9.53 Å². The molecule has 0 saturated carbocycles. The molecule has 1 amide bonds. The highest BCUT2D eigenvalue weighted by Gasteiger charge is 2.45. The van der Waals surface area contributed by atoms with Gasteiger partial charge in [0.05, 0.1) is 6.61 Å². The number of fused-ring (bicyclic) bond motifs is 1. The van der Waals surface area contributed by atoms with Crippen LogP contribution in [0, 0.1) is 0 Å². The molecule has 0 fully saturated rings. The summed E-state index contributed by atoms with van der Waals surface area (Å²) in [7, 11) is 0. The SMILES string of the molecule is CCOc1ccc2c(c1)C(C)(c1cc(N)ccc1Cl)C(=O)N2. The minimum atomic E-state index is -0.894. The maximum atomic E-state index is 12.6. The number of hydrogen-bond acceptors (Lipinski definition) is 3. The second-order valence-corrected chi connectivity index (χ2v) is 5.87. The van der Waals surface area contributed by atoms with Gasteiger partial charge in [0.25, 0.3) is 0 Å². The predicted molar refractivity (Wildman–Crippen MR) is 88.6 cm³/mol. The van der Waals surface area contributed by atoms with Crippen LogP contribution in [0.3, 0.4) is 0 Å². The van der Waals surface area contributed by atoms with Gasteiger partial charge >= 0.3 is 0 Å². The number of hydrogen-bond donors (Lipinski definition) is 2. The van der Waals surface area contributed by atoms with Gasteiger partial charge in [0, 0.05) is 16.4 Å². The molecule has 3 N–H and O–H groups in total. The molecule has 0 radical (unpaired) electrons. The normalized spacial score (nSPS) is 19.7. The number of nitrogen functional groups attached to an aromatic ring is 1. The van der Waals surface area contributed by atoms with Crippen LogP contribution >= 0.6 is 11.6 Å². The Morgan fingerprint density at radius 3 is 2.73 bits per heavy atom. The minimum absolute atomic E-state index is 0.122. The van der Waals surface area contributed by atoms with Crippen LogP contribution in [0.15, 0.2) is 36.4 Å². The molecule has 1 unspecified atom stereocenters. The van der Waals surface area contributed by atoms with Crippen LogP contribution in [-0.2, 0) is 10.2 Å². The van der Waals surface area contributed by atoms with Crippen molar-refractivity contribution in [1.29, 1.82) is 0 Å². The summed E-state index contributed by atoms with van der Waals surface area (Å²) in [5, 5.41) is 3.42. The van der Waals surface area contributed by atoms with E-state index in [-0.39, 0.29) is 5.91 Å². The smallest absolute Gasteiger partial charge is 0.239 e. The van der Waals surface area contributed by atoms with E-state index in [1.54, 1.807) is 18.2 Å². The molecule has 1 heterocycles. The van der Waals surface area contributed by atoms with E-state index in [9.17, 15) is 4.79 Å². The van der Waals surface area contributed by atoms with E-state index in [0.717, 1.165) is 17.0 Å². The lowest BCUT2D eigenvalue weighted by Crippen LogP contribution is -2.32. The number of nitrogens with one attached hydrogen (secondary N) is 1. The van der Waals surface area contributed by atoms with E-state index < -0.39 is 5.41 Å². The van der Waals surface area contributed by atoms with Crippen LogP contribution in [0.25, 0.3) is 0 Å². The van der Waals surface area contributed by atoms with E-state index >= 15 is 0 Å². The van der Waals surface area contributed by atoms with Crippen molar-refractivity contribution in [1.82, 2.24) is 0 Å². The van der Waals surface area contributed by atoms with Crippen molar-refractivity contribution in [2.45, 2.75) is 19.3 Å². The number of halogens is 1. The van der Waals surface area contributed by atoms with Crippen molar-refractivity contribution in [3.05, 3.63) is 52.5 Å². The van der Waals surface area contributed by atoms with Gasteiger partial charge in [-0.1, -0.05) is 11.6 Å². The third-order valence-corrected chi connectivity index (χ3v) is 4.40. The molecule has 114 valence electrons. The van der Waals surface area contributed by atoms with Crippen molar-refractivity contribution in [2.75, 3.05) is 17.7 Å². The Morgan fingerprint density at radius 2 is 2.00 bits per heavy atom. The largest absolute Gasteiger partial charge is 0.494 e.